The fraction of sp³-hybridized carbons (Fsp3) is 0.182. The molecule has 0 saturated carbocycles. The monoisotopic (exact) mass is 191 g/mol. The molecular weight excluding hydrogens is 181 g/mol. The number of nitrogens with zero attached hydrogens (tertiary/aromatic N) is 1. The first-order chi connectivity index (χ1) is 6.68. The molecule has 2 rings (SSSR count). The lowest BCUT2D eigenvalue weighted by molar-refractivity contribution is 0.494. The zero-order chi connectivity index (χ0) is 10.1. The molecule has 2 nitrogen and oxygen atoms in total. The maximum absolute atomic E-state index is 13.4. The number of halogens is 1. The third-order valence-electron chi connectivity index (χ3n) is 2.03. The van der Waals surface area contributed by atoms with Crippen molar-refractivity contribution >= 4 is 0 Å². The summed E-state index contributed by atoms with van der Waals surface area (Å²) in [4.78, 5) is 4.13. The van der Waals surface area contributed by atoms with Crippen LogP contribution in [-0.4, -0.2) is 4.98 Å². The Morgan fingerprint density at radius 2 is 1.93 bits per heavy atom. The zero-order valence-electron chi connectivity index (χ0n) is 8.04. The molecule has 0 aliphatic rings. The van der Waals surface area contributed by atoms with E-state index < -0.39 is 0 Å². The van der Waals surface area contributed by atoms with E-state index in [4.69, 9.17) is 4.42 Å². The highest BCUT2D eigenvalue weighted by atomic mass is 19.1. The summed E-state index contributed by atoms with van der Waals surface area (Å²) in [6.45, 7) is 3.53. The Labute approximate surface area is 81.4 Å². The average molecular weight is 191 g/mol. The standard InChI is InChI=1S/C11H10FNO/c1-7-11(13-8(2)14-7)9-5-3-4-6-10(9)12/h3-6H,1-2H3. The van der Waals surface area contributed by atoms with Gasteiger partial charge in [0, 0.05) is 12.5 Å². The summed E-state index contributed by atoms with van der Waals surface area (Å²) in [5.41, 5.74) is 1.07. The topological polar surface area (TPSA) is 26.0 Å². The van der Waals surface area contributed by atoms with E-state index in [1.807, 2.05) is 0 Å². The van der Waals surface area contributed by atoms with E-state index in [-0.39, 0.29) is 5.82 Å². The zero-order valence-corrected chi connectivity index (χ0v) is 8.04. The van der Waals surface area contributed by atoms with Crippen molar-refractivity contribution in [2.24, 2.45) is 0 Å². The third kappa shape index (κ3) is 1.41. The van der Waals surface area contributed by atoms with E-state index in [0.717, 1.165) is 0 Å². The van der Waals surface area contributed by atoms with Gasteiger partial charge in [0.25, 0.3) is 0 Å². The first-order valence-corrected chi connectivity index (χ1v) is 4.37. The van der Waals surface area contributed by atoms with Crippen molar-refractivity contribution in [3.63, 3.8) is 0 Å². The van der Waals surface area contributed by atoms with Crippen molar-refractivity contribution in [3.8, 4) is 11.3 Å². The second kappa shape index (κ2) is 3.25. The number of hydrogen-bond donors (Lipinski definition) is 0. The van der Waals surface area contributed by atoms with E-state index >= 15 is 0 Å². The van der Waals surface area contributed by atoms with Crippen molar-refractivity contribution in [2.45, 2.75) is 13.8 Å². The molecule has 0 N–H and O–H groups in total. The molecule has 3 heteroatoms. The molecule has 0 aliphatic heterocycles. The van der Waals surface area contributed by atoms with E-state index in [1.165, 1.54) is 6.07 Å². The minimum Gasteiger partial charge on any atom is -0.446 e. The van der Waals surface area contributed by atoms with Crippen molar-refractivity contribution in [1.29, 1.82) is 0 Å². The first-order valence-electron chi connectivity index (χ1n) is 4.37. The Balaban J connectivity index is 2.60. The smallest absolute Gasteiger partial charge is 0.191 e. The van der Waals surface area contributed by atoms with Gasteiger partial charge in [0.15, 0.2) is 5.89 Å². The van der Waals surface area contributed by atoms with Gasteiger partial charge in [0.2, 0.25) is 0 Å². The van der Waals surface area contributed by atoms with Crippen molar-refractivity contribution in [3.05, 3.63) is 41.7 Å². The van der Waals surface area contributed by atoms with E-state index in [2.05, 4.69) is 4.98 Å². The van der Waals surface area contributed by atoms with Crippen LogP contribution in [0.3, 0.4) is 0 Å². The Morgan fingerprint density at radius 3 is 2.50 bits per heavy atom. The highest BCUT2D eigenvalue weighted by Gasteiger charge is 2.12. The van der Waals surface area contributed by atoms with E-state index in [1.54, 1.807) is 32.0 Å². The number of hydrogen-bond acceptors (Lipinski definition) is 2. The Morgan fingerprint density at radius 1 is 1.21 bits per heavy atom. The molecule has 0 unspecified atom stereocenters. The van der Waals surface area contributed by atoms with Gasteiger partial charge in [0.05, 0.1) is 0 Å². The number of oxazole rings is 1. The maximum Gasteiger partial charge on any atom is 0.191 e. The summed E-state index contributed by atoms with van der Waals surface area (Å²) >= 11 is 0. The van der Waals surface area contributed by atoms with Gasteiger partial charge in [-0.3, -0.25) is 0 Å². The highest BCUT2D eigenvalue weighted by molar-refractivity contribution is 5.61. The second-order valence-corrected chi connectivity index (χ2v) is 3.12. The predicted molar refractivity (Wildman–Crippen MR) is 51.4 cm³/mol. The predicted octanol–water partition coefficient (Wildman–Crippen LogP) is 3.10. The van der Waals surface area contributed by atoms with Crippen LogP contribution in [0, 0.1) is 19.7 Å². The lowest BCUT2D eigenvalue weighted by atomic mass is 10.1. The van der Waals surface area contributed by atoms with Crippen molar-refractivity contribution in [1.82, 2.24) is 4.98 Å². The molecule has 1 aromatic carbocycles. The van der Waals surface area contributed by atoms with E-state index in [0.29, 0.717) is 22.9 Å². The van der Waals surface area contributed by atoms with Crippen LogP contribution in [0.15, 0.2) is 28.7 Å². The molecule has 2 aromatic rings. The fourth-order valence-electron chi connectivity index (χ4n) is 1.43. The molecule has 1 aromatic heterocycles. The summed E-state index contributed by atoms with van der Waals surface area (Å²) in [6, 6.07) is 6.54. The molecule has 0 radical (unpaired) electrons. The van der Waals surface area contributed by atoms with Crippen LogP contribution < -0.4 is 0 Å². The van der Waals surface area contributed by atoms with Crippen LogP contribution in [0.1, 0.15) is 11.7 Å². The molecule has 0 saturated heterocycles. The molecule has 0 amide bonds. The summed E-state index contributed by atoms with van der Waals surface area (Å²) in [5, 5.41) is 0. The molecule has 72 valence electrons. The molecular formula is C11H10FNO. The molecule has 0 fully saturated rings. The summed E-state index contributed by atoms with van der Waals surface area (Å²) in [7, 11) is 0. The Kier molecular flexibility index (Phi) is 2.08. The minimum absolute atomic E-state index is 0.274. The fourth-order valence-corrected chi connectivity index (χ4v) is 1.43. The molecule has 0 spiro atoms. The van der Waals surface area contributed by atoms with Gasteiger partial charge in [-0.2, -0.15) is 0 Å². The molecule has 0 atom stereocenters. The molecule has 1 heterocycles. The number of aromatic nitrogens is 1. The summed E-state index contributed by atoms with van der Waals surface area (Å²) in [5.74, 6) is 0.928. The average Bonchev–Trinajstić information content (AvgIpc) is 2.46. The molecule has 14 heavy (non-hydrogen) atoms. The summed E-state index contributed by atoms with van der Waals surface area (Å²) in [6.07, 6.45) is 0. The van der Waals surface area contributed by atoms with Crippen molar-refractivity contribution < 1.29 is 8.81 Å². The van der Waals surface area contributed by atoms with Crippen LogP contribution in [0.2, 0.25) is 0 Å². The van der Waals surface area contributed by atoms with Crippen molar-refractivity contribution in [2.75, 3.05) is 0 Å². The number of rotatable bonds is 1. The number of aryl methyl sites for hydroxylation is 2. The van der Waals surface area contributed by atoms with Gasteiger partial charge >= 0.3 is 0 Å². The molecule has 0 bridgehead atoms. The Hall–Kier alpha value is -1.64. The van der Waals surface area contributed by atoms with Crippen LogP contribution in [-0.2, 0) is 0 Å². The largest absolute Gasteiger partial charge is 0.446 e. The van der Waals surface area contributed by atoms with Crippen LogP contribution in [0.5, 0.6) is 0 Å². The normalized spacial score (nSPS) is 10.5. The third-order valence-corrected chi connectivity index (χ3v) is 2.03. The van der Waals surface area contributed by atoms with E-state index in [9.17, 15) is 4.39 Å². The van der Waals surface area contributed by atoms with Gasteiger partial charge in [0.1, 0.15) is 17.3 Å². The van der Waals surface area contributed by atoms with Gasteiger partial charge in [-0.25, -0.2) is 9.37 Å². The molecule has 0 aliphatic carbocycles. The number of benzene rings is 1. The van der Waals surface area contributed by atoms with Crippen LogP contribution in [0.25, 0.3) is 11.3 Å². The van der Waals surface area contributed by atoms with Gasteiger partial charge in [-0.15, -0.1) is 0 Å². The Bertz CT molecular complexity index is 462. The summed E-state index contributed by atoms with van der Waals surface area (Å²) < 4.78 is 18.6. The van der Waals surface area contributed by atoms with Crippen LogP contribution >= 0.6 is 0 Å². The lowest BCUT2D eigenvalue weighted by Crippen LogP contribution is -1.85. The highest BCUT2D eigenvalue weighted by Crippen LogP contribution is 2.25. The van der Waals surface area contributed by atoms with Gasteiger partial charge in [-0.1, -0.05) is 12.1 Å². The minimum atomic E-state index is -0.274. The maximum atomic E-state index is 13.4. The van der Waals surface area contributed by atoms with Gasteiger partial charge in [-0.05, 0) is 19.1 Å². The lowest BCUT2D eigenvalue weighted by Gasteiger charge is -1.98. The van der Waals surface area contributed by atoms with Gasteiger partial charge < -0.3 is 4.42 Å². The first kappa shape index (κ1) is 8.94. The quantitative estimate of drug-likeness (QED) is 0.692. The van der Waals surface area contributed by atoms with Crippen LogP contribution in [0.4, 0.5) is 4.39 Å². The SMILES string of the molecule is Cc1nc(-c2ccccc2F)c(C)o1. The second-order valence-electron chi connectivity index (χ2n) is 3.12.